The van der Waals surface area contributed by atoms with Gasteiger partial charge in [-0.15, -0.1) is 0 Å². The summed E-state index contributed by atoms with van der Waals surface area (Å²) >= 11 is 0. The van der Waals surface area contributed by atoms with Gasteiger partial charge in [0.2, 0.25) is 6.54 Å². The van der Waals surface area contributed by atoms with Crippen LogP contribution in [-0.4, -0.2) is 29.5 Å². The number of pyridine rings is 1. The van der Waals surface area contributed by atoms with Crippen molar-refractivity contribution in [3.8, 4) is 0 Å². The Balaban J connectivity index is 2.79. The van der Waals surface area contributed by atoms with Crippen LogP contribution >= 0.6 is 0 Å². The summed E-state index contributed by atoms with van der Waals surface area (Å²) in [5.74, 6) is -0.922. The second kappa shape index (κ2) is 5.79. The van der Waals surface area contributed by atoms with E-state index >= 15 is 0 Å². The van der Waals surface area contributed by atoms with Crippen molar-refractivity contribution in [2.75, 3.05) is 13.7 Å². The van der Waals surface area contributed by atoms with Crippen LogP contribution in [0.25, 0.3) is 0 Å². The number of carbonyl (C=O) groups is 1. The third-order valence-corrected chi connectivity index (χ3v) is 2.19. The van der Waals surface area contributed by atoms with Gasteiger partial charge in [-0.25, -0.2) is 0 Å². The number of ether oxygens (including phenoxy) is 1. The zero-order valence-corrected chi connectivity index (χ0v) is 8.83. The maximum Gasteiger partial charge on any atom is 0.306 e. The van der Waals surface area contributed by atoms with Gasteiger partial charge >= 0.3 is 5.97 Å². The van der Waals surface area contributed by atoms with E-state index in [1.54, 1.807) is 24.5 Å². The highest BCUT2D eigenvalue weighted by Gasteiger charge is 2.21. The minimum Gasteiger partial charge on any atom is -0.469 e. The van der Waals surface area contributed by atoms with Crippen LogP contribution in [0.2, 0.25) is 0 Å². The van der Waals surface area contributed by atoms with Gasteiger partial charge in [0, 0.05) is 17.3 Å². The predicted octanol–water partition coefficient (Wildman–Crippen LogP) is 1.00. The molecular formula is C10H12N2O4. The highest BCUT2D eigenvalue weighted by Crippen LogP contribution is 2.19. The van der Waals surface area contributed by atoms with E-state index < -0.39 is 16.8 Å². The van der Waals surface area contributed by atoms with Gasteiger partial charge in [-0.05, 0) is 17.7 Å². The molecule has 0 amide bonds. The molecule has 0 aromatic carbocycles. The van der Waals surface area contributed by atoms with Crippen molar-refractivity contribution in [1.82, 2.24) is 4.98 Å². The van der Waals surface area contributed by atoms with Crippen LogP contribution in [0.5, 0.6) is 0 Å². The van der Waals surface area contributed by atoms with Gasteiger partial charge in [-0.3, -0.25) is 19.9 Å². The molecule has 1 heterocycles. The fraction of sp³-hybridized carbons (Fsp3) is 0.400. The minimum atomic E-state index is -0.467. The molecule has 1 aromatic heterocycles. The second-order valence-corrected chi connectivity index (χ2v) is 3.27. The Hall–Kier alpha value is -1.98. The van der Waals surface area contributed by atoms with Crippen molar-refractivity contribution in [3.05, 3.63) is 40.2 Å². The molecule has 6 nitrogen and oxygen atoms in total. The van der Waals surface area contributed by atoms with Crippen LogP contribution in [0.1, 0.15) is 17.9 Å². The largest absolute Gasteiger partial charge is 0.469 e. The molecule has 1 unspecified atom stereocenters. The number of carbonyl (C=O) groups excluding carboxylic acids is 1. The summed E-state index contributed by atoms with van der Waals surface area (Å²) < 4.78 is 4.51. The SMILES string of the molecule is COC(=O)CC(C[N+](=O)[O-])c1ccncc1. The summed E-state index contributed by atoms with van der Waals surface area (Å²) in [7, 11) is 1.26. The molecule has 86 valence electrons. The van der Waals surface area contributed by atoms with E-state index in [9.17, 15) is 14.9 Å². The number of esters is 1. The monoisotopic (exact) mass is 224 g/mol. The lowest BCUT2D eigenvalue weighted by Crippen LogP contribution is -2.17. The molecule has 0 saturated carbocycles. The van der Waals surface area contributed by atoms with Crippen LogP contribution in [0.3, 0.4) is 0 Å². The van der Waals surface area contributed by atoms with Gasteiger partial charge in [0.25, 0.3) is 0 Å². The highest BCUT2D eigenvalue weighted by atomic mass is 16.6. The van der Waals surface area contributed by atoms with Crippen LogP contribution in [0.15, 0.2) is 24.5 Å². The lowest BCUT2D eigenvalue weighted by atomic mass is 9.97. The summed E-state index contributed by atoms with van der Waals surface area (Å²) in [5.41, 5.74) is 0.720. The normalized spacial score (nSPS) is 11.8. The third-order valence-electron chi connectivity index (χ3n) is 2.19. The van der Waals surface area contributed by atoms with Crippen molar-refractivity contribution in [3.63, 3.8) is 0 Å². The predicted molar refractivity (Wildman–Crippen MR) is 55.5 cm³/mol. The van der Waals surface area contributed by atoms with E-state index in [1.165, 1.54) is 7.11 Å². The second-order valence-electron chi connectivity index (χ2n) is 3.27. The van der Waals surface area contributed by atoms with Crippen molar-refractivity contribution < 1.29 is 14.5 Å². The molecule has 1 aromatic rings. The maximum absolute atomic E-state index is 11.1. The first-order valence-corrected chi connectivity index (χ1v) is 4.72. The lowest BCUT2D eigenvalue weighted by molar-refractivity contribution is -0.483. The molecule has 0 aliphatic heterocycles. The number of aromatic nitrogens is 1. The summed E-state index contributed by atoms with van der Waals surface area (Å²) in [5, 5.41) is 10.5. The van der Waals surface area contributed by atoms with Gasteiger partial charge in [-0.2, -0.15) is 0 Å². The van der Waals surface area contributed by atoms with E-state index in [-0.39, 0.29) is 13.0 Å². The van der Waals surface area contributed by atoms with E-state index in [1.807, 2.05) is 0 Å². The zero-order valence-electron chi connectivity index (χ0n) is 8.83. The molecule has 0 aliphatic carbocycles. The number of hydrogen-bond donors (Lipinski definition) is 0. The molecule has 16 heavy (non-hydrogen) atoms. The van der Waals surface area contributed by atoms with Crippen LogP contribution in [0.4, 0.5) is 0 Å². The van der Waals surface area contributed by atoms with Gasteiger partial charge in [0.15, 0.2) is 0 Å². The summed E-state index contributed by atoms with van der Waals surface area (Å²) in [6, 6.07) is 3.33. The van der Waals surface area contributed by atoms with Gasteiger partial charge in [-0.1, -0.05) is 0 Å². The standard InChI is InChI=1S/C10H12N2O4/c1-16-10(13)6-9(7-12(14)15)8-2-4-11-5-3-8/h2-5,9H,6-7H2,1H3. The first kappa shape index (κ1) is 12.1. The van der Waals surface area contributed by atoms with Gasteiger partial charge in [0.05, 0.1) is 19.4 Å². The van der Waals surface area contributed by atoms with E-state index in [2.05, 4.69) is 9.72 Å². The molecule has 0 fully saturated rings. The Bertz CT molecular complexity index is 366. The molecule has 0 saturated heterocycles. The van der Waals surface area contributed by atoms with E-state index in [0.717, 1.165) is 5.56 Å². The van der Waals surface area contributed by atoms with Crippen molar-refractivity contribution >= 4 is 5.97 Å². The molecule has 0 N–H and O–H groups in total. The number of nitrogens with zero attached hydrogens (tertiary/aromatic N) is 2. The van der Waals surface area contributed by atoms with E-state index in [0.29, 0.717) is 0 Å². The van der Waals surface area contributed by atoms with E-state index in [4.69, 9.17) is 0 Å². The van der Waals surface area contributed by atoms with Crippen LogP contribution in [0, 0.1) is 10.1 Å². The molecule has 0 bridgehead atoms. The van der Waals surface area contributed by atoms with Gasteiger partial charge in [0.1, 0.15) is 0 Å². The quantitative estimate of drug-likeness (QED) is 0.423. The van der Waals surface area contributed by atoms with Crippen LogP contribution < -0.4 is 0 Å². The van der Waals surface area contributed by atoms with Crippen molar-refractivity contribution in [2.24, 2.45) is 0 Å². The first-order valence-electron chi connectivity index (χ1n) is 4.72. The molecule has 6 heteroatoms. The molecular weight excluding hydrogens is 212 g/mol. The summed E-state index contributed by atoms with van der Waals surface area (Å²) in [6.45, 7) is -0.293. The third kappa shape index (κ3) is 3.64. The zero-order chi connectivity index (χ0) is 12.0. The van der Waals surface area contributed by atoms with Crippen molar-refractivity contribution in [2.45, 2.75) is 12.3 Å². The average molecular weight is 224 g/mol. The Kier molecular flexibility index (Phi) is 4.38. The molecule has 0 spiro atoms. The number of rotatable bonds is 5. The maximum atomic E-state index is 11.1. The van der Waals surface area contributed by atoms with Crippen LogP contribution in [-0.2, 0) is 9.53 Å². The fourth-order valence-electron chi connectivity index (χ4n) is 1.39. The fourth-order valence-corrected chi connectivity index (χ4v) is 1.39. The first-order chi connectivity index (χ1) is 7.63. The molecule has 1 rings (SSSR count). The Morgan fingerprint density at radius 2 is 2.19 bits per heavy atom. The van der Waals surface area contributed by atoms with Crippen molar-refractivity contribution in [1.29, 1.82) is 0 Å². The Morgan fingerprint density at radius 1 is 1.56 bits per heavy atom. The average Bonchev–Trinajstić information content (AvgIpc) is 2.28. The Labute approximate surface area is 92.4 Å². The van der Waals surface area contributed by atoms with Gasteiger partial charge < -0.3 is 4.74 Å². The summed E-state index contributed by atoms with van der Waals surface area (Å²) in [6.07, 6.45) is 3.08. The number of methoxy groups -OCH3 is 1. The molecule has 0 aliphatic rings. The smallest absolute Gasteiger partial charge is 0.306 e. The minimum absolute atomic E-state index is 0.00148. The Morgan fingerprint density at radius 3 is 2.69 bits per heavy atom. The molecule has 1 atom stereocenters. The topological polar surface area (TPSA) is 82.3 Å². The lowest BCUT2D eigenvalue weighted by Gasteiger charge is -2.11. The molecule has 0 radical (unpaired) electrons. The summed E-state index contributed by atoms with van der Waals surface area (Å²) in [4.78, 5) is 25.0. The number of hydrogen-bond acceptors (Lipinski definition) is 5. The highest BCUT2D eigenvalue weighted by molar-refractivity contribution is 5.70. The number of nitro groups is 1.